The molecular weight excluding hydrogens is 210 g/mol. The quantitative estimate of drug-likeness (QED) is 0.845. The molecule has 2 N–H and O–H groups in total. The third-order valence-corrected chi connectivity index (χ3v) is 3.74. The summed E-state index contributed by atoms with van der Waals surface area (Å²) in [7, 11) is 0. The van der Waals surface area contributed by atoms with Gasteiger partial charge in [-0.25, -0.2) is 0 Å². The zero-order valence-electron chi connectivity index (χ0n) is 10.3. The van der Waals surface area contributed by atoms with Crippen molar-refractivity contribution < 1.29 is 4.79 Å². The summed E-state index contributed by atoms with van der Waals surface area (Å²) < 4.78 is 0. The van der Waals surface area contributed by atoms with Crippen molar-refractivity contribution >= 4 is 5.78 Å². The molecule has 1 fully saturated rings. The number of carbonyl (C=O) groups is 1. The van der Waals surface area contributed by atoms with Crippen LogP contribution >= 0.6 is 0 Å². The van der Waals surface area contributed by atoms with E-state index in [1.807, 2.05) is 30.3 Å². The van der Waals surface area contributed by atoms with Crippen LogP contribution in [0.2, 0.25) is 0 Å². The third-order valence-electron chi connectivity index (χ3n) is 3.74. The first-order valence-electron chi connectivity index (χ1n) is 6.60. The molecule has 1 atom stereocenters. The second-order valence-corrected chi connectivity index (χ2v) is 5.00. The molecule has 0 saturated heterocycles. The van der Waals surface area contributed by atoms with E-state index >= 15 is 0 Å². The van der Waals surface area contributed by atoms with E-state index in [1.165, 1.54) is 12.8 Å². The fourth-order valence-corrected chi connectivity index (χ4v) is 2.62. The molecule has 2 rings (SSSR count). The van der Waals surface area contributed by atoms with Gasteiger partial charge in [-0.1, -0.05) is 43.2 Å². The van der Waals surface area contributed by atoms with Gasteiger partial charge < -0.3 is 5.73 Å². The van der Waals surface area contributed by atoms with Crippen LogP contribution in [0.15, 0.2) is 30.3 Å². The maximum atomic E-state index is 11.9. The summed E-state index contributed by atoms with van der Waals surface area (Å²) in [6, 6.07) is 10.0. The lowest BCUT2D eigenvalue weighted by Gasteiger charge is -2.13. The Balaban J connectivity index is 1.80. The predicted octanol–water partition coefficient (Wildman–Crippen LogP) is 3.23. The van der Waals surface area contributed by atoms with Gasteiger partial charge in [0.25, 0.3) is 0 Å². The van der Waals surface area contributed by atoms with Crippen LogP contribution in [-0.2, 0) is 4.79 Å². The first kappa shape index (κ1) is 12.3. The fourth-order valence-electron chi connectivity index (χ4n) is 2.62. The largest absolute Gasteiger partial charge is 0.324 e. The first-order chi connectivity index (χ1) is 8.27. The van der Waals surface area contributed by atoms with Crippen LogP contribution in [0.25, 0.3) is 0 Å². The lowest BCUT2D eigenvalue weighted by molar-refractivity contribution is -0.122. The molecule has 17 heavy (non-hydrogen) atoms. The van der Waals surface area contributed by atoms with E-state index in [0.717, 1.165) is 24.8 Å². The average Bonchev–Trinajstić information content (AvgIpc) is 2.90. The first-order valence-corrected chi connectivity index (χ1v) is 6.60. The van der Waals surface area contributed by atoms with Gasteiger partial charge in [-0.3, -0.25) is 4.79 Å². The summed E-state index contributed by atoms with van der Waals surface area (Å²) in [6.07, 6.45) is 6.06. The van der Waals surface area contributed by atoms with Crippen molar-refractivity contribution in [2.24, 2.45) is 11.7 Å². The number of Topliss-reactive ketones (excluding diaryl/α,β-unsaturated/α-hetero) is 1. The third kappa shape index (κ3) is 3.40. The SMILES string of the molecule is NC(CCC(=O)C1CCCC1)c1ccccc1. The van der Waals surface area contributed by atoms with Crippen molar-refractivity contribution in [1.82, 2.24) is 0 Å². The van der Waals surface area contributed by atoms with Gasteiger partial charge in [-0.15, -0.1) is 0 Å². The lowest BCUT2D eigenvalue weighted by atomic mass is 9.95. The molecular formula is C15H21NO. The molecule has 1 unspecified atom stereocenters. The second-order valence-electron chi connectivity index (χ2n) is 5.00. The number of rotatable bonds is 5. The Morgan fingerprint density at radius 1 is 1.24 bits per heavy atom. The van der Waals surface area contributed by atoms with E-state index in [1.54, 1.807) is 0 Å². The van der Waals surface area contributed by atoms with Crippen LogP contribution in [-0.4, -0.2) is 5.78 Å². The average molecular weight is 231 g/mol. The predicted molar refractivity (Wildman–Crippen MR) is 69.6 cm³/mol. The summed E-state index contributed by atoms with van der Waals surface area (Å²) in [5, 5.41) is 0. The van der Waals surface area contributed by atoms with Crippen molar-refractivity contribution in [2.75, 3.05) is 0 Å². The van der Waals surface area contributed by atoms with Crippen LogP contribution in [0.1, 0.15) is 50.1 Å². The Kier molecular flexibility index (Phi) is 4.32. The molecule has 2 nitrogen and oxygen atoms in total. The molecule has 1 saturated carbocycles. The number of hydrogen-bond acceptors (Lipinski definition) is 2. The van der Waals surface area contributed by atoms with Gasteiger partial charge in [-0.05, 0) is 24.8 Å². The van der Waals surface area contributed by atoms with Gasteiger partial charge in [0, 0.05) is 18.4 Å². The number of nitrogens with two attached hydrogens (primary N) is 1. The molecule has 2 heteroatoms. The molecule has 0 bridgehead atoms. The highest BCUT2D eigenvalue weighted by molar-refractivity contribution is 5.81. The highest BCUT2D eigenvalue weighted by atomic mass is 16.1. The molecule has 1 aromatic carbocycles. The van der Waals surface area contributed by atoms with Crippen molar-refractivity contribution in [3.8, 4) is 0 Å². The Bertz CT molecular complexity index is 354. The Morgan fingerprint density at radius 3 is 2.53 bits per heavy atom. The Morgan fingerprint density at radius 2 is 1.88 bits per heavy atom. The molecule has 0 spiro atoms. The summed E-state index contributed by atoms with van der Waals surface area (Å²) in [5.74, 6) is 0.756. The summed E-state index contributed by atoms with van der Waals surface area (Å²) in [4.78, 5) is 11.9. The molecule has 0 amide bonds. The number of carbonyl (C=O) groups excluding carboxylic acids is 1. The summed E-state index contributed by atoms with van der Waals surface area (Å²) >= 11 is 0. The molecule has 0 radical (unpaired) electrons. The van der Waals surface area contributed by atoms with Crippen LogP contribution in [0.5, 0.6) is 0 Å². The fraction of sp³-hybridized carbons (Fsp3) is 0.533. The van der Waals surface area contributed by atoms with Gasteiger partial charge in [0.05, 0.1) is 0 Å². The van der Waals surface area contributed by atoms with Crippen LogP contribution in [0.4, 0.5) is 0 Å². The summed E-state index contributed by atoms with van der Waals surface area (Å²) in [6.45, 7) is 0. The van der Waals surface area contributed by atoms with Crippen LogP contribution in [0.3, 0.4) is 0 Å². The molecule has 1 aliphatic carbocycles. The van der Waals surface area contributed by atoms with Crippen molar-refractivity contribution in [1.29, 1.82) is 0 Å². The topological polar surface area (TPSA) is 43.1 Å². The van der Waals surface area contributed by atoms with E-state index < -0.39 is 0 Å². The van der Waals surface area contributed by atoms with E-state index in [2.05, 4.69) is 0 Å². The van der Waals surface area contributed by atoms with Gasteiger partial charge in [0.2, 0.25) is 0 Å². The molecule has 0 aromatic heterocycles. The highest BCUT2D eigenvalue weighted by Crippen LogP contribution is 2.27. The van der Waals surface area contributed by atoms with Gasteiger partial charge in [0.15, 0.2) is 0 Å². The maximum absolute atomic E-state index is 11.9. The number of ketones is 1. The Hall–Kier alpha value is -1.15. The van der Waals surface area contributed by atoms with Crippen molar-refractivity contribution in [3.63, 3.8) is 0 Å². The minimum atomic E-state index is 0.00144. The van der Waals surface area contributed by atoms with E-state index in [4.69, 9.17) is 5.73 Å². The normalized spacial score (nSPS) is 18.2. The smallest absolute Gasteiger partial charge is 0.136 e. The molecule has 92 valence electrons. The zero-order valence-corrected chi connectivity index (χ0v) is 10.3. The molecule has 0 aliphatic heterocycles. The van der Waals surface area contributed by atoms with Gasteiger partial charge >= 0.3 is 0 Å². The van der Waals surface area contributed by atoms with Crippen LogP contribution in [0, 0.1) is 5.92 Å². The molecule has 1 aromatic rings. The Labute approximate surface area is 103 Å². The van der Waals surface area contributed by atoms with E-state index in [0.29, 0.717) is 18.1 Å². The zero-order chi connectivity index (χ0) is 12.1. The number of hydrogen-bond donors (Lipinski definition) is 1. The lowest BCUT2D eigenvalue weighted by Crippen LogP contribution is -2.16. The highest BCUT2D eigenvalue weighted by Gasteiger charge is 2.22. The van der Waals surface area contributed by atoms with Crippen molar-refractivity contribution in [2.45, 2.75) is 44.6 Å². The van der Waals surface area contributed by atoms with Crippen LogP contribution < -0.4 is 5.73 Å². The van der Waals surface area contributed by atoms with E-state index in [-0.39, 0.29) is 6.04 Å². The minimum Gasteiger partial charge on any atom is -0.324 e. The minimum absolute atomic E-state index is 0.00144. The standard InChI is InChI=1S/C15H21NO/c16-14(12-6-2-1-3-7-12)10-11-15(17)13-8-4-5-9-13/h1-3,6-7,13-14H,4-5,8-11,16H2. The van der Waals surface area contributed by atoms with E-state index in [9.17, 15) is 4.79 Å². The molecule has 1 aliphatic rings. The maximum Gasteiger partial charge on any atom is 0.136 e. The van der Waals surface area contributed by atoms with Gasteiger partial charge in [0.1, 0.15) is 5.78 Å². The molecule has 0 heterocycles. The van der Waals surface area contributed by atoms with Gasteiger partial charge in [-0.2, -0.15) is 0 Å². The van der Waals surface area contributed by atoms with Crippen molar-refractivity contribution in [3.05, 3.63) is 35.9 Å². The second kappa shape index (κ2) is 5.97. The monoisotopic (exact) mass is 231 g/mol. The number of benzene rings is 1. The summed E-state index contributed by atoms with van der Waals surface area (Å²) in [5.41, 5.74) is 7.22.